The number of nitrogens with two attached hydrogens (primary N) is 1. The summed E-state index contributed by atoms with van der Waals surface area (Å²) in [6.45, 7) is 4.19. The van der Waals surface area contributed by atoms with Crippen LogP contribution in [0, 0.1) is 13.8 Å². The van der Waals surface area contributed by atoms with Gasteiger partial charge in [-0.15, -0.1) is 0 Å². The highest BCUT2D eigenvalue weighted by Crippen LogP contribution is 2.32. The van der Waals surface area contributed by atoms with Crippen molar-refractivity contribution in [2.45, 2.75) is 19.9 Å². The molecule has 1 unspecified atom stereocenters. The summed E-state index contributed by atoms with van der Waals surface area (Å²) in [5, 5.41) is 0. The predicted molar refractivity (Wildman–Crippen MR) is 82.6 cm³/mol. The molecule has 2 rings (SSSR count). The first kappa shape index (κ1) is 14.1. The lowest BCUT2D eigenvalue weighted by atomic mass is 9.92. The Morgan fingerprint density at radius 2 is 1.74 bits per heavy atom. The fourth-order valence-electron chi connectivity index (χ4n) is 2.36. The third-order valence-electron chi connectivity index (χ3n) is 3.40. The molecule has 0 aliphatic carbocycles. The lowest BCUT2D eigenvalue weighted by Gasteiger charge is -2.19. The van der Waals surface area contributed by atoms with Gasteiger partial charge in [0, 0.05) is 4.47 Å². The Hall–Kier alpha value is -1.32. The zero-order valence-electron chi connectivity index (χ0n) is 11.4. The van der Waals surface area contributed by atoms with Crippen LogP contribution in [0.4, 0.5) is 0 Å². The van der Waals surface area contributed by atoms with E-state index in [0.717, 1.165) is 15.8 Å². The Kier molecular flexibility index (Phi) is 4.27. The van der Waals surface area contributed by atoms with Crippen molar-refractivity contribution in [3.05, 3.63) is 63.1 Å². The monoisotopic (exact) mass is 319 g/mol. The van der Waals surface area contributed by atoms with Gasteiger partial charge in [0.2, 0.25) is 0 Å². The summed E-state index contributed by atoms with van der Waals surface area (Å²) >= 11 is 3.57. The zero-order valence-corrected chi connectivity index (χ0v) is 13.0. The van der Waals surface area contributed by atoms with Crippen molar-refractivity contribution in [1.29, 1.82) is 0 Å². The molecular weight excluding hydrogens is 302 g/mol. The third-order valence-corrected chi connectivity index (χ3v) is 4.08. The van der Waals surface area contributed by atoms with Gasteiger partial charge in [-0.05, 0) is 48.2 Å². The molecule has 0 amide bonds. The molecule has 0 aliphatic rings. The lowest BCUT2D eigenvalue weighted by molar-refractivity contribution is 0.414. The number of rotatable bonds is 3. The highest BCUT2D eigenvalue weighted by molar-refractivity contribution is 9.10. The average molecular weight is 320 g/mol. The fourth-order valence-corrected chi connectivity index (χ4v) is 2.96. The van der Waals surface area contributed by atoms with Crippen LogP contribution >= 0.6 is 15.9 Å². The van der Waals surface area contributed by atoms with Gasteiger partial charge in [0.25, 0.3) is 0 Å². The van der Waals surface area contributed by atoms with E-state index >= 15 is 0 Å². The van der Waals surface area contributed by atoms with Crippen LogP contribution in [0.3, 0.4) is 0 Å². The summed E-state index contributed by atoms with van der Waals surface area (Å²) < 4.78 is 6.19. The van der Waals surface area contributed by atoms with Crippen molar-refractivity contribution in [1.82, 2.24) is 0 Å². The third kappa shape index (κ3) is 2.82. The van der Waals surface area contributed by atoms with E-state index in [0.29, 0.717) is 0 Å². The number of aryl methyl sites for hydroxylation is 2. The van der Waals surface area contributed by atoms with E-state index < -0.39 is 0 Å². The molecule has 0 aromatic heterocycles. The maximum atomic E-state index is 6.44. The van der Waals surface area contributed by atoms with E-state index in [-0.39, 0.29) is 6.04 Å². The Bertz CT molecular complexity index is 575. The largest absolute Gasteiger partial charge is 0.497 e. The number of hydrogen-bond donors (Lipinski definition) is 1. The molecule has 0 aliphatic heterocycles. The first-order valence-electron chi connectivity index (χ1n) is 6.19. The Balaban J connectivity index is 2.47. The molecule has 0 saturated carbocycles. The summed E-state index contributed by atoms with van der Waals surface area (Å²) in [4.78, 5) is 0. The summed E-state index contributed by atoms with van der Waals surface area (Å²) in [5.41, 5.74) is 11.1. The maximum absolute atomic E-state index is 6.44. The normalized spacial score (nSPS) is 12.3. The molecular formula is C16H18BrNO. The van der Waals surface area contributed by atoms with Gasteiger partial charge < -0.3 is 10.5 Å². The minimum absolute atomic E-state index is 0.138. The number of benzene rings is 2. The summed E-state index contributed by atoms with van der Waals surface area (Å²) in [5.74, 6) is 0.823. The lowest BCUT2D eigenvalue weighted by Crippen LogP contribution is -2.15. The van der Waals surface area contributed by atoms with Crippen molar-refractivity contribution in [2.24, 2.45) is 5.73 Å². The summed E-state index contributed by atoms with van der Waals surface area (Å²) in [6.07, 6.45) is 0. The molecule has 0 bridgehead atoms. The molecule has 2 aromatic carbocycles. The summed E-state index contributed by atoms with van der Waals surface area (Å²) in [6, 6.07) is 12.0. The topological polar surface area (TPSA) is 35.2 Å². The fraction of sp³-hybridized carbons (Fsp3) is 0.250. The van der Waals surface area contributed by atoms with E-state index in [9.17, 15) is 0 Å². The van der Waals surface area contributed by atoms with Gasteiger partial charge in [-0.3, -0.25) is 0 Å². The van der Waals surface area contributed by atoms with Gasteiger partial charge in [0.1, 0.15) is 5.75 Å². The highest BCUT2D eigenvalue weighted by Gasteiger charge is 2.16. The molecule has 3 heteroatoms. The van der Waals surface area contributed by atoms with Crippen molar-refractivity contribution in [3.63, 3.8) is 0 Å². The van der Waals surface area contributed by atoms with Crippen LogP contribution in [-0.4, -0.2) is 7.11 Å². The van der Waals surface area contributed by atoms with Gasteiger partial charge in [0.15, 0.2) is 0 Å². The second-order valence-electron chi connectivity index (χ2n) is 4.67. The van der Waals surface area contributed by atoms with Crippen LogP contribution in [0.2, 0.25) is 0 Å². The molecule has 1 atom stereocenters. The van der Waals surface area contributed by atoms with E-state index in [1.165, 1.54) is 16.7 Å². The summed E-state index contributed by atoms with van der Waals surface area (Å²) in [7, 11) is 1.66. The molecule has 0 radical (unpaired) electrons. The minimum atomic E-state index is -0.138. The van der Waals surface area contributed by atoms with Crippen molar-refractivity contribution in [3.8, 4) is 5.75 Å². The molecule has 0 heterocycles. The maximum Gasteiger partial charge on any atom is 0.120 e. The number of methoxy groups -OCH3 is 1. The molecule has 100 valence electrons. The first-order valence-corrected chi connectivity index (χ1v) is 6.99. The van der Waals surface area contributed by atoms with Crippen LogP contribution in [-0.2, 0) is 0 Å². The Labute approximate surface area is 122 Å². The van der Waals surface area contributed by atoms with Crippen LogP contribution in [0.15, 0.2) is 40.9 Å². The zero-order chi connectivity index (χ0) is 14.0. The van der Waals surface area contributed by atoms with E-state index in [1.54, 1.807) is 7.11 Å². The molecule has 0 spiro atoms. The molecule has 2 nitrogen and oxygen atoms in total. The van der Waals surface area contributed by atoms with Gasteiger partial charge in [-0.2, -0.15) is 0 Å². The average Bonchev–Trinajstić information content (AvgIpc) is 2.38. The second kappa shape index (κ2) is 5.76. The van der Waals surface area contributed by atoms with Gasteiger partial charge in [-0.1, -0.05) is 40.2 Å². The first-order chi connectivity index (χ1) is 9.04. The van der Waals surface area contributed by atoms with Crippen LogP contribution in [0.1, 0.15) is 28.3 Å². The molecule has 2 aromatic rings. The highest BCUT2D eigenvalue weighted by atomic mass is 79.9. The van der Waals surface area contributed by atoms with E-state index in [4.69, 9.17) is 10.5 Å². The SMILES string of the molecule is COc1ccc(C(N)c2c(C)cccc2C)c(Br)c1. The van der Waals surface area contributed by atoms with Gasteiger partial charge in [-0.25, -0.2) is 0 Å². The number of halogens is 1. The minimum Gasteiger partial charge on any atom is -0.497 e. The van der Waals surface area contributed by atoms with Crippen molar-refractivity contribution >= 4 is 15.9 Å². The predicted octanol–water partition coefficient (Wildman–Crippen LogP) is 4.12. The molecule has 2 N–H and O–H groups in total. The van der Waals surface area contributed by atoms with Gasteiger partial charge >= 0.3 is 0 Å². The van der Waals surface area contributed by atoms with Crippen LogP contribution in [0.25, 0.3) is 0 Å². The standard InChI is InChI=1S/C16H18BrNO/c1-10-5-4-6-11(2)15(10)16(18)13-8-7-12(19-3)9-14(13)17/h4-9,16H,18H2,1-3H3. The number of hydrogen-bond acceptors (Lipinski definition) is 2. The smallest absolute Gasteiger partial charge is 0.120 e. The molecule has 0 fully saturated rings. The van der Waals surface area contributed by atoms with Crippen molar-refractivity contribution in [2.75, 3.05) is 7.11 Å². The van der Waals surface area contributed by atoms with Crippen LogP contribution < -0.4 is 10.5 Å². The molecule has 19 heavy (non-hydrogen) atoms. The second-order valence-corrected chi connectivity index (χ2v) is 5.52. The van der Waals surface area contributed by atoms with Crippen molar-refractivity contribution < 1.29 is 4.74 Å². The number of ether oxygens (including phenoxy) is 1. The van der Waals surface area contributed by atoms with Crippen LogP contribution in [0.5, 0.6) is 5.75 Å². The van der Waals surface area contributed by atoms with E-state index in [2.05, 4.69) is 48.0 Å². The van der Waals surface area contributed by atoms with Gasteiger partial charge in [0.05, 0.1) is 13.2 Å². The Morgan fingerprint density at radius 1 is 1.11 bits per heavy atom. The molecule has 0 saturated heterocycles. The van der Waals surface area contributed by atoms with E-state index in [1.807, 2.05) is 18.2 Å². The Morgan fingerprint density at radius 3 is 2.26 bits per heavy atom. The quantitative estimate of drug-likeness (QED) is 0.923.